The van der Waals surface area contributed by atoms with Crippen molar-refractivity contribution in [3.8, 4) is 0 Å². The summed E-state index contributed by atoms with van der Waals surface area (Å²) < 4.78 is 4.97. The fourth-order valence-electron chi connectivity index (χ4n) is 1.57. The average Bonchev–Trinajstić information content (AvgIpc) is 2.46. The predicted molar refractivity (Wildman–Crippen MR) is 72.9 cm³/mol. The van der Waals surface area contributed by atoms with Gasteiger partial charge < -0.3 is 15.4 Å². The number of esters is 1. The number of nitrogens with zero attached hydrogens (tertiary/aromatic N) is 2. The fourth-order valence-corrected chi connectivity index (χ4v) is 2.36. The number of carbonyl (C=O) groups is 2. The zero-order valence-corrected chi connectivity index (χ0v) is 11.7. The van der Waals surface area contributed by atoms with E-state index in [4.69, 9.17) is 4.74 Å². The number of thioether (sulfide) groups is 1. The summed E-state index contributed by atoms with van der Waals surface area (Å²) in [6.45, 7) is 2.19. The third-order valence-corrected chi connectivity index (χ3v) is 3.37. The van der Waals surface area contributed by atoms with Crippen molar-refractivity contribution in [2.45, 2.75) is 12.1 Å². The second-order valence-corrected chi connectivity index (χ2v) is 4.75. The van der Waals surface area contributed by atoms with Gasteiger partial charge in [0.2, 0.25) is 0 Å². The molecule has 2 N–H and O–H groups in total. The van der Waals surface area contributed by atoms with Gasteiger partial charge >= 0.3 is 12.0 Å². The average molecular weight is 294 g/mol. The van der Waals surface area contributed by atoms with Gasteiger partial charge in [-0.2, -0.15) is 0 Å². The number of carbonyl (C=O) groups excluding carboxylic acids is 2. The molecule has 0 atom stereocenters. The summed E-state index contributed by atoms with van der Waals surface area (Å²) in [4.78, 5) is 31.3. The quantitative estimate of drug-likeness (QED) is 0.472. The molecule has 0 fully saturated rings. The molecular weight excluding hydrogens is 280 g/mol. The van der Waals surface area contributed by atoms with Crippen LogP contribution in [0.2, 0.25) is 0 Å². The minimum atomic E-state index is -0.426. The Morgan fingerprint density at radius 1 is 1.45 bits per heavy atom. The van der Waals surface area contributed by atoms with Gasteiger partial charge in [0.1, 0.15) is 0 Å². The van der Waals surface area contributed by atoms with Crippen molar-refractivity contribution in [3.05, 3.63) is 29.7 Å². The zero-order chi connectivity index (χ0) is 14.4. The van der Waals surface area contributed by atoms with Crippen molar-refractivity contribution in [2.24, 2.45) is 0 Å². The first-order valence-corrected chi connectivity index (χ1v) is 7.03. The van der Waals surface area contributed by atoms with Gasteiger partial charge in [-0.3, -0.25) is 0 Å². The van der Waals surface area contributed by atoms with E-state index in [1.165, 1.54) is 11.8 Å². The van der Waals surface area contributed by atoms with Crippen LogP contribution >= 0.6 is 11.8 Å². The molecule has 7 nitrogen and oxygen atoms in total. The molecule has 0 unspecified atom stereocenters. The Hall–Kier alpha value is -2.09. The molecule has 2 rings (SSSR count). The van der Waals surface area contributed by atoms with Crippen LogP contribution in [-0.2, 0) is 9.53 Å². The Morgan fingerprint density at radius 3 is 2.90 bits per heavy atom. The predicted octanol–water partition coefficient (Wildman–Crippen LogP) is 0.699. The van der Waals surface area contributed by atoms with Gasteiger partial charge in [-0.1, -0.05) is 11.8 Å². The lowest BCUT2D eigenvalue weighted by molar-refractivity contribution is -0.138. The molecule has 0 radical (unpaired) electrons. The molecule has 0 saturated heterocycles. The molecule has 1 aromatic heterocycles. The summed E-state index contributed by atoms with van der Waals surface area (Å²) in [7, 11) is 0. The van der Waals surface area contributed by atoms with E-state index in [1.54, 1.807) is 25.4 Å². The highest BCUT2D eigenvalue weighted by molar-refractivity contribution is 7.99. The number of nitrogens with one attached hydrogen (secondary N) is 2. The molecular formula is C12H14N4O3S. The minimum absolute atomic E-state index is 0.163. The Bertz CT molecular complexity index is 533. The van der Waals surface area contributed by atoms with Crippen molar-refractivity contribution in [1.82, 2.24) is 20.6 Å². The van der Waals surface area contributed by atoms with Crippen molar-refractivity contribution in [1.29, 1.82) is 0 Å². The van der Waals surface area contributed by atoms with Gasteiger partial charge in [-0.15, -0.1) is 0 Å². The van der Waals surface area contributed by atoms with E-state index in [0.717, 1.165) is 0 Å². The molecule has 0 saturated carbocycles. The molecule has 0 aliphatic carbocycles. The Labute approximate surface area is 120 Å². The first kappa shape index (κ1) is 14.3. The Kier molecular flexibility index (Phi) is 4.94. The van der Waals surface area contributed by atoms with E-state index in [-0.39, 0.29) is 12.6 Å². The van der Waals surface area contributed by atoms with Crippen LogP contribution < -0.4 is 10.6 Å². The first-order valence-electron chi connectivity index (χ1n) is 6.04. The van der Waals surface area contributed by atoms with Crippen LogP contribution in [0.25, 0.3) is 0 Å². The molecule has 1 aliphatic heterocycles. The van der Waals surface area contributed by atoms with Gasteiger partial charge in [0.25, 0.3) is 0 Å². The van der Waals surface area contributed by atoms with Gasteiger partial charge in [-0.25, -0.2) is 19.6 Å². The standard InChI is InChI=1S/C12H14N4O3S/c1-2-19-10(17)8-6-15-11(18)16-9(8)7-20-12-13-4-3-5-14-12/h3-5H,2,6-7H2,1H3,(H2,15,16,18). The molecule has 8 heteroatoms. The lowest BCUT2D eigenvalue weighted by Gasteiger charge is -2.20. The van der Waals surface area contributed by atoms with Crippen molar-refractivity contribution < 1.29 is 14.3 Å². The summed E-state index contributed by atoms with van der Waals surface area (Å²) in [6.07, 6.45) is 3.27. The van der Waals surface area contributed by atoms with Crippen molar-refractivity contribution in [3.63, 3.8) is 0 Å². The number of hydrogen-bond donors (Lipinski definition) is 2. The van der Waals surface area contributed by atoms with Crippen LogP contribution in [0.5, 0.6) is 0 Å². The van der Waals surface area contributed by atoms with Gasteiger partial charge in [-0.05, 0) is 13.0 Å². The van der Waals surface area contributed by atoms with E-state index in [1.807, 2.05) is 0 Å². The normalized spacial score (nSPS) is 14.6. The second kappa shape index (κ2) is 6.90. The van der Waals surface area contributed by atoms with E-state index in [9.17, 15) is 9.59 Å². The molecule has 0 aromatic carbocycles. The Balaban J connectivity index is 2.10. The molecule has 20 heavy (non-hydrogen) atoms. The van der Waals surface area contributed by atoms with Crippen LogP contribution in [0.3, 0.4) is 0 Å². The number of rotatable bonds is 5. The van der Waals surface area contributed by atoms with Crippen LogP contribution in [0, 0.1) is 0 Å². The molecule has 2 amide bonds. The van der Waals surface area contributed by atoms with Crippen molar-refractivity contribution >= 4 is 23.8 Å². The van der Waals surface area contributed by atoms with Crippen LogP contribution in [0.15, 0.2) is 34.9 Å². The largest absolute Gasteiger partial charge is 0.463 e. The topological polar surface area (TPSA) is 93.2 Å². The summed E-state index contributed by atoms with van der Waals surface area (Å²) in [5, 5.41) is 5.76. The van der Waals surface area contributed by atoms with Gasteiger partial charge in [0.15, 0.2) is 5.16 Å². The maximum Gasteiger partial charge on any atom is 0.337 e. The van der Waals surface area contributed by atoms with Crippen molar-refractivity contribution in [2.75, 3.05) is 18.9 Å². The summed E-state index contributed by atoms with van der Waals surface area (Å²) >= 11 is 1.34. The number of ether oxygens (including phenoxy) is 1. The molecule has 0 spiro atoms. The summed E-state index contributed by atoms with van der Waals surface area (Å²) in [5.74, 6) is -0.0319. The lowest BCUT2D eigenvalue weighted by atomic mass is 10.2. The maximum absolute atomic E-state index is 11.8. The number of hydrogen-bond acceptors (Lipinski definition) is 6. The highest BCUT2D eigenvalue weighted by Crippen LogP contribution is 2.18. The third-order valence-electron chi connectivity index (χ3n) is 2.46. The minimum Gasteiger partial charge on any atom is -0.463 e. The second-order valence-electron chi connectivity index (χ2n) is 3.81. The number of aromatic nitrogens is 2. The SMILES string of the molecule is CCOC(=O)C1=C(CSc2ncccn2)NC(=O)NC1. The van der Waals surface area contributed by atoms with Crippen LogP contribution in [0.1, 0.15) is 6.92 Å². The highest BCUT2D eigenvalue weighted by atomic mass is 32.2. The highest BCUT2D eigenvalue weighted by Gasteiger charge is 2.23. The monoisotopic (exact) mass is 294 g/mol. The fraction of sp³-hybridized carbons (Fsp3) is 0.333. The number of amides is 2. The summed E-state index contributed by atoms with van der Waals surface area (Å²) in [5.41, 5.74) is 0.958. The smallest absolute Gasteiger partial charge is 0.337 e. The van der Waals surface area contributed by atoms with E-state index >= 15 is 0 Å². The lowest BCUT2D eigenvalue weighted by Crippen LogP contribution is -2.44. The van der Waals surface area contributed by atoms with Crippen LogP contribution in [-0.4, -0.2) is 40.9 Å². The van der Waals surface area contributed by atoms with E-state index in [0.29, 0.717) is 28.8 Å². The van der Waals surface area contributed by atoms with Gasteiger partial charge in [0.05, 0.1) is 18.7 Å². The van der Waals surface area contributed by atoms with E-state index < -0.39 is 5.97 Å². The molecule has 106 valence electrons. The van der Waals surface area contributed by atoms with Crippen LogP contribution in [0.4, 0.5) is 4.79 Å². The molecule has 1 aliphatic rings. The summed E-state index contributed by atoms with van der Waals surface area (Å²) in [6, 6.07) is 1.39. The zero-order valence-electron chi connectivity index (χ0n) is 10.9. The first-order chi connectivity index (χ1) is 9.70. The molecule has 2 heterocycles. The number of urea groups is 1. The van der Waals surface area contributed by atoms with E-state index in [2.05, 4.69) is 20.6 Å². The maximum atomic E-state index is 11.8. The molecule has 0 bridgehead atoms. The van der Waals surface area contributed by atoms with Gasteiger partial charge in [0, 0.05) is 23.8 Å². The Morgan fingerprint density at radius 2 is 2.20 bits per heavy atom. The molecule has 1 aromatic rings. The third kappa shape index (κ3) is 3.70.